The zero-order valence-electron chi connectivity index (χ0n) is 14.7. The molecule has 1 fully saturated rings. The van der Waals surface area contributed by atoms with Crippen molar-refractivity contribution in [3.8, 4) is 11.6 Å². The molecule has 0 radical (unpaired) electrons. The SMILES string of the molecule is COc1ccc(CCn2nc(N3CCCC3)c(C(N)=O)c2OC)cc1. The summed E-state index contributed by atoms with van der Waals surface area (Å²) < 4.78 is 12.4. The van der Waals surface area contributed by atoms with Crippen molar-refractivity contribution in [1.29, 1.82) is 0 Å². The van der Waals surface area contributed by atoms with E-state index in [1.165, 1.54) is 0 Å². The monoisotopic (exact) mass is 344 g/mol. The Labute approximate surface area is 147 Å². The molecule has 1 aliphatic rings. The summed E-state index contributed by atoms with van der Waals surface area (Å²) in [5.74, 6) is 1.39. The minimum atomic E-state index is -0.505. The van der Waals surface area contributed by atoms with Crippen LogP contribution in [0.3, 0.4) is 0 Å². The van der Waals surface area contributed by atoms with Gasteiger partial charge in [0.1, 0.15) is 11.3 Å². The molecule has 1 aromatic carbocycles. The Hall–Kier alpha value is -2.70. The fourth-order valence-corrected chi connectivity index (χ4v) is 3.19. The highest BCUT2D eigenvalue weighted by Gasteiger charge is 2.28. The van der Waals surface area contributed by atoms with Gasteiger partial charge in [0.05, 0.1) is 14.2 Å². The first-order chi connectivity index (χ1) is 12.1. The molecule has 7 nitrogen and oxygen atoms in total. The third-order valence-electron chi connectivity index (χ3n) is 4.50. The molecule has 2 heterocycles. The smallest absolute Gasteiger partial charge is 0.258 e. The number of hydrogen-bond acceptors (Lipinski definition) is 5. The van der Waals surface area contributed by atoms with Gasteiger partial charge in [-0.1, -0.05) is 12.1 Å². The molecular weight excluding hydrogens is 320 g/mol. The first-order valence-electron chi connectivity index (χ1n) is 8.46. The van der Waals surface area contributed by atoms with Crippen LogP contribution in [-0.4, -0.2) is 43.0 Å². The molecule has 1 aromatic heterocycles. The van der Waals surface area contributed by atoms with Crippen LogP contribution in [0.1, 0.15) is 28.8 Å². The van der Waals surface area contributed by atoms with Gasteiger partial charge in [-0.25, -0.2) is 4.68 Å². The molecule has 0 atom stereocenters. The van der Waals surface area contributed by atoms with Crippen molar-refractivity contribution in [2.24, 2.45) is 5.73 Å². The van der Waals surface area contributed by atoms with Crippen molar-refractivity contribution >= 4 is 11.7 Å². The second-order valence-corrected chi connectivity index (χ2v) is 6.09. The van der Waals surface area contributed by atoms with Gasteiger partial charge in [-0.05, 0) is 37.0 Å². The van der Waals surface area contributed by atoms with E-state index in [-0.39, 0.29) is 0 Å². The second-order valence-electron chi connectivity index (χ2n) is 6.09. The number of aromatic nitrogens is 2. The number of amides is 1. The molecule has 2 N–H and O–H groups in total. The van der Waals surface area contributed by atoms with E-state index in [1.54, 1.807) is 18.9 Å². The first-order valence-corrected chi connectivity index (χ1v) is 8.46. The van der Waals surface area contributed by atoms with Crippen LogP contribution in [-0.2, 0) is 13.0 Å². The zero-order valence-corrected chi connectivity index (χ0v) is 14.7. The number of nitrogens with zero attached hydrogens (tertiary/aromatic N) is 3. The molecule has 0 saturated carbocycles. The molecule has 2 aromatic rings. The Morgan fingerprint density at radius 2 is 1.84 bits per heavy atom. The van der Waals surface area contributed by atoms with E-state index < -0.39 is 5.91 Å². The summed E-state index contributed by atoms with van der Waals surface area (Å²) in [6, 6.07) is 7.90. The maximum atomic E-state index is 12.0. The van der Waals surface area contributed by atoms with Crippen LogP contribution in [0, 0.1) is 0 Å². The second kappa shape index (κ2) is 7.46. The lowest BCUT2D eigenvalue weighted by molar-refractivity contribution is 0.0997. The summed E-state index contributed by atoms with van der Waals surface area (Å²) in [6.45, 7) is 2.38. The lowest BCUT2D eigenvalue weighted by Gasteiger charge is -2.14. The predicted molar refractivity (Wildman–Crippen MR) is 95.4 cm³/mol. The van der Waals surface area contributed by atoms with Crippen LogP contribution in [0.2, 0.25) is 0 Å². The molecule has 134 valence electrons. The highest BCUT2D eigenvalue weighted by atomic mass is 16.5. The van der Waals surface area contributed by atoms with Crippen LogP contribution in [0.15, 0.2) is 24.3 Å². The fourth-order valence-electron chi connectivity index (χ4n) is 3.19. The largest absolute Gasteiger partial charge is 0.497 e. The number of anilines is 1. The number of nitrogens with two attached hydrogens (primary N) is 1. The summed E-state index contributed by atoms with van der Waals surface area (Å²) in [5.41, 5.74) is 7.13. The zero-order chi connectivity index (χ0) is 17.8. The Kier molecular flexibility index (Phi) is 5.11. The molecule has 25 heavy (non-hydrogen) atoms. The Balaban J connectivity index is 1.84. The van der Waals surface area contributed by atoms with Gasteiger partial charge in [0.25, 0.3) is 5.91 Å². The number of ether oxygens (including phenoxy) is 2. The lowest BCUT2D eigenvalue weighted by atomic mass is 10.1. The van der Waals surface area contributed by atoms with Gasteiger partial charge in [-0.2, -0.15) is 5.10 Å². The molecule has 0 unspecified atom stereocenters. The van der Waals surface area contributed by atoms with Gasteiger partial charge in [0, 0.05) is 19.6 Å². The number of aryl methyl sites for hydroxylation is 2. The molecule has 0 spiro atoms. The average molecular weight is 344 g/mol. The van der Waals surface area contributed by atoms with Crippen molar-refractivity contribution in [3.05, 3.63) is 35.4 Å². The van der Waals surface area contributed by atoms with E-state index in [4.69, 9.17) is 15.2 Å². The molecular formula is C18H24N4O3. The van der Waals surface area contributed by atoms with Crippen molar-refractivity contribution in [1.82, 2.24) is 9.78 Å². The summed E-state index contributed by atoms with van der Waals surface area (Å²) in [4.78, 5) is 14.1. The van der Waals surface area contributed by atoms with Crippen molar-refractivity contribution < 1.29 is 14.3 Å². The number of carbonyl (C=O) groups excluding carboxylic acids is 1. The average Bonchev–Trinajstić information content (AvgIpc) is 3.27. The standard InChI is InChI=1S/C18H24N4O3/c1-24-14-7-5-13(6-8-14)9-12-22-18(25-2)15(16(19)23)17(20-22)21-10-3-4-11-21/h5-8H,3-4,9-12H2,1-2H3,(H2,19,23). The summed E-state index contributed by atoms with van der Waals surface area (Å²) in [5, 5.41) is 4.63. The third kappa shape index (κ3) is 3.55. The Morgan fingerprint density at radius 1 is 1.16 bits per heavy atom. The number of primary amides is 1. The number of rotatable bonds is 7. The summed E-state index contributed by atoms with van der Waals surface area (Å²) in [6.07, 6.45) is 2.96. The van der Waals surface area contributed by atoms with Crippen LogP contribution >= 0.6 is 0 Å². The van der Waals surface area contributed by atoms with Gasteiger partial charge in [0.2, 0.25) is 5.88 Å². The highest BCUT2D eigenvalue weighted by Crippen LogP contribution is 2.31. The van der Waals surface area contributed by atoms with Crippen molar-refractivity contribution in [2.75, 3.05) is 32.2 Å². The van der Waals surface area contributed by atoms with E-state index in [9.17, 15) is 4.79 Å². The molecule has 1 saturated heterocycles. The van der Waals surface area contributed by atoms with E-state index in [1.807, 2.05) is 24.3 Å². The van der Waals surface area contributed by atoms with Gasteiger partial charge in [-0.3, -0.25) is 4.79 Å². The normalized spacial score (nSPS) is 13.9. The van der Waals surface area contributed by atoms with E-state index in [2.05, 4.69) is 10.00 Å². The van der Waals surface area contributed by atoms with Gasteiger partial charge in [-0.15, -0.1) is 0 Å². The maximum absolute atomic E-state index is 12.0. The first kappa shape index (κ1) is 17.1. The minimum absolute atomic E-state index is 0.374. The topological polar surface area (TPSA) is 82.6 Å². The Bertz CT molecular complexity index is 734. The highest BCUT2D eigenvalue weighted by molar-refractivity contribution is 6.00. The third-order valence-corrected chi connectivity index (χ3v) is 4.50. The quantitative estimate of drug-likeness (QED) is 0.829. The fraction of sp³-hybridized carbons (Fsp3) is 0.444. The lowest BCUT2D eigenvalue weighted by Crippen LogP contribution is -2.22. The molecule has 0 aliphatic carbocycles. The summed E-state index contributed by atoms with van der Waals surface area (Å²) in [7, 11) is 3.19. The number of hydrogen-bond donors (Lipinski definition) is 1. The van der Waals surface area contributed by atoms with Crippen LogP contribution < -0.4 is 20.1 Å². The summed E-state index contributed by atoms with van der Waals surface area (Å²) >= 11 is 0. The van der Waals surface area contributed by atoms with Gasteiger partial charge in [0.15, 0.2) is 5.82 Å². The molecule has 1 amide bonds. The number of carbonyl (C=O) groups is 1. The van der Waals surface area contributed by atoms with E-state index in [0.29, 0.717) is 23.8 Å². The van der Waals surface area contributed by atoms with Crippen molar-refractivity contribution in [3.63, 3.8) is 0 Å². The van der Waals surface area contributed by atoms with Gasteiger partial charge >= 0.3 is 0 Å². The number of benzene rings is 1. The molecule has 3 rings (SSSR count). The predicted octanol–water partition coefficient (Wildman–Crippen LogP) is 1.84. The van der Waals surface area contributed by atoms with E-state index in [0.717, 1.165) is 43.7 Å². The van der Waals surface area contributed by atoms with Crippen molar-refractivity contribution in [2.45, 2.75) is 25.8 Å². The molecule has 1 aliphatic heterocycles. The molecule has 0 bridgehead atoms. The maximum Gasteiger partial charge on any atom is 0.258 e. The Morgan fingerprint density at radius 3 is 2.40 bits per heavy atom. The van der Waals surface area contributed by atoms with Gasteiger partial charge < -0.3 is 20.1 Å². The van der Waals surface area contributed by atoms with E-state index >= 15 is 0 Å². The molecule has 7 heteroatoms. The minimum Gasteiger partial charge on any atom is -0.497 e. The van der Waals surface area contributed by atoms with Crippen LogP contribution in [0.5, 0.6) is 11.6 Å². The number of methoxy groups -OCH3 is 2. The van der Waals surface area contributed by atoms with Crippen LogP contribution in [0.4, 0.5) is 5.82 Å². The van der Waals surface area contributed by atoms with Crippen LogP contribution in [0.25, 0.3) is 0 Å².